The summed E-state index contributed by atoms with van der Waals surface area (Å²) in [5, 5.41) is 9.99. The standard InChI is InChI=1S/C13H14ClNO4/c14-10-4-8(5-11-12(10)19-7-18-11)13(17)15-3-1-2-9(16)6-15/h4-5,9,16H,1-3,6-7H2. The molecule has 1 N–H and O–H groups in total. The minimum Gasteiger partial charge on any atom is -0.454 e. The summed E-state index contributed by atoms with van der Waals surface area (Å²) in [6.45, 7) is 1.14. The molecule has 2 aliphatic rings. The van der Waals surface area contributed by atoms with Crippen molar-refractivity contribution in [1.82, 2.24) is 4.90 Å². The number of amides is 1. The molecule has 1 fully saturated rings. The molecule has 0 radical (unpaired) electrons. The highest BCUT2D eigenvalue weighted by molar-refractivity contribution is 6.32. The number of piperidine rings is 1. The summed E-state index contributed by atoms with van der Waals surface area (Å²) in [5.41, 5.74) is 0.461. The summed E-state index contributed by atoms with van der Waals surface area (Å²) in [4.78, 5) is 14.0. The summed E-state index contributed by atoms with van der Waals surface area (Å²) in [6, 6.07) is 3.22. The van der Waals surface area contributed by atoms with Crippen LogP contribution in [0.25, 0.3) is 0 Å². The zero-order chi connectivity index (χ0) is 13.4. The van der Waals surface area contributed by atoms with E-state index in [1.807, 2.05) is 0 Å². The van der Waals surface area contributed by atoms with E-state index in [0.717, 1.165) is 12.8 Å². The third kappa shape index (κ3) is 2.35. The molecule has 19 heavy (non-hydrogen) atoms. The molecular weight excluding hydrogens is 270 g/mol. The molecule has 102 valence electrons. The van der Waals surface area contributed by atoms with Gasteiger partial charge in [0, 0.05) is 18.7 Å². The van der Waals surface area contributed by atoms with E-state index in [0.29, 0.717) is 35.2 Å². The molecule has 0 aliphatic carbocycles. The van der Waals surface area contributed by atoms with E-state index < -0.39 is 6.10 Å². The highest BCUT2D eigenvalue weighted by Crippen LogP contribution is 2.40. The molecule has 0 saturated carbocycles. The Morgan fingerprint density at radius 1 is 1.42 bits per heavy atom. The number of ether oxygens (including phenoxy) is 2. The Kier molecular flexibility index (Phi) is 3.24. The number of aliphatic hydroxyl groups is 1. The predicted molar refractivity (Wildman–Crippen MR) is 68.7 cm³/mol. The SMILES string of the molecule is O=C(c1cc(Cl)c2c(c1)OCO2)N1CCCC(O)C1. The first-order valence-electron chi connectivity index (χ1n) is 6.21. The number of benzene rings is 1. The van der Waals surface area contributed by atoms with Crippen LogP contribution in [0.2, 0.25) is 5.02 Å². The molecule has 1 atom stereocenters. The summed E-state index contributed by atoms with van der Waals surface area (Å²) in [6.07, 6.45) is 1.11. The Hall–Kier alpha value is -1.46. The molecule has 1 aromatic rings. The maximum absolute atomic E-state index is 12.4. The summed E-state index contributed by atoms with van der Waals surface area (Å²) < 4.78 is 10.5. The normalized spacial score (nSPS) is 21.6. The molecule has 0 spiro atoms. The third-order valence-corrected chi connectivity index (χ3v) is 3.64. The molecule has 5 nitrogen and oxygen atoms in total. The molecule has 1 amide bonds. The Labute approximate surface area is 115 Å². The highest BCUT2D eigenvalue weighted by atomic mass is 35.5. The summed E-state index contributed by atoms with van der Waals surface area (Å²) >= 11 is 6.06. The van der Waals surface area contributed by atoms with Crippen molar-refractivity contribution in [2.24, 2.45) is 0 Å². The number of rotatable bonds is 1. The quantitative estimate of drug-likeness (QED) is 0.852. The lowest BCUT2D eigenvalue weighted by molar-refractivity contribution is 0.0473. The minimum atomic E-state index is -0.442. The first-order chi connectivity index (χ1) is 9.15. The Morgan fingerprint density at radius 2 is 2.26 bits per heavy atom. The third-order valence-electron chi connectivity index (χ3n) is 3.36. The van der Waals surface area contributed by atoms with Gasteiger partial charge in [-0.05, 0) is 25.0 Å². The molecular formula is C13H14ClNO4. The number of carbonyl (C=O) groups is 1. The molecule has 0 aromatic heterocycles. The molecule has 0 bridgehead atoms. The van der Waals surface area contributed by atoms with Crippen LogP contribution in [0.5, 0.6) is 11.5 Å². The van der Waals surface area contributed by atoms with Gasteiger partial charge in [0.2, 0.25) is 6.79 Å². The first kappa shape index (κ1) is 12.6. The lowest BCUT2D eigenvalue weighted by atomic mass is 10.1. The van der Waals surface area contributed by atoms with E-state index in [-0.39, 0.29) is 12.7 Å². The zero-order valence-corrected chi connectivity index (χ0v) is 11.0. The molecule has 3 rings (SSSR count). The molecule has 1 unspecified atom stereocenters. The van der Waals surface area contributed by atoms with Crippen molar-refractivity contribution in [3.05, 3.63) is 22.7 Å². The zero-order valence-electron chi connectivity index (χ0n) is 10.3. The highest BCUT2D eigenvalue weighted by Gasteiger charge is 2.26. The maximum atomic E-state index is 12.4. The van der Waals surface area contributed by atoms with E-state index >= 15 is 0 Å². The van der Waals surface area contributed by atoms with E-state index in [1.165, 1.54) is 0 Å². The number of nitrogens with zero attached hydrogens (tertiary/aromatic N) is 1. The van der Waals surface area contributed by atoms with Gasteiger partial charge in [-0.25, -0.2) is 0 Å². The topological polar surface area (TPSA) is 59.0 Å². The van der Waals surface area contributed by atoms with Crippen molar-refractivity contribution in [3.8, 4) is 11.5 Å². The van der Waals surface area contributed by atoms with E-state index in [4.69, 9.17) is 21.1 Å². The van der Waals surface area contributed by atoms with Gasteiger partial charge in [-0.3, -0.25) is 4.79 Å². The molecule has 2 heterocycles. The van der Waals surface area contributed by atoms with E-state index in [1.54, 1.807) is 17.0 Å². The lowest BCUT2D eigenvalue weighted by Gasteiger charge is -2.30. The van der Waals surface area contributed by atoms with Gasteiger partial charge in [0.15, 0.2) is 11.5 Å². The Bertz CT molecular complexity index is 520. The fraction of sp³-hybridized carbons (Fsp3) is 0.462. The van der Waals surface area contributed by atoms with Gasteiger partial charge in [-0.2, -0.15) is 0 Å². The van der Waals surface area contributed by atoms with Gasteiger partial charge in [0.1, 0.15) is 0 Å². The van der Waals surface area contributed by atoms with E-state index in [9.17, 15) is 9.90 Å². The van der Waals surface area contributed by atoms with Gasteiger partial charge in [0.25, 0.3) is 5.91 Å². The van der Waals surface area contributed by atoms with Crippen molar-refractivity contribution in [1.29, 1.82) is 0 Å². The maximum Gasteiger partial charge on any atom is 0.254 e. The molecule has 2 aliphatic heterocycles. The van der Waals surface area contributed by atoms with Gasteiger partial charge in [0.05, 0.1) is 11.1 Å². The van der Waals surface area contributed by atoms with Crippen LogP contribution >= 0.6 is 11.6 Å². The van der Waals surface area contributed by atoms with Crippen molar-refractivity contribution >= 4 is 17.5 Å². The van der Waals surface area contributed by atoms with Crippen LogP contribution in [0.1, 0.15) is 23.2 Å². The van der Waals surface area contributed by atoms with Gasteiger partial charge in [-0.15, -0.1) is 0 Å². The van der Waals surface area contributed by atoms with Crippen molar-refractivity contribution in [2.45, 2.75) is 18.9 Å². The second kappa shape index (κ2) is 4.90. The van der Waals surface area contributed by atoms with Crippen LogP contribution < -0.4 is 9.47 Å². The average molecular weight is 284 g/mol. The van der Waals surface area contributed by atoms with Crippen LogP contribution in [0.15, 0.2) is 12.1 Å². The predicted octanol–water partition coefficient (Wildman–Crippen LogP) is 1.67. The second-order valence-electron chi connectivity index (χ2n) is 4.74. The van der Waals surface area contributed by atoms with Crippen LogP contribution in [-0.2, 0) is 0 Å². The van der Waals surface area contributed by atoms with Crippen LogP contribution in [-0.4, -0.2) is 41.9 Å². The van der Waals surface area contributed by atoms with Crippen LogP contribution in [0.4, 0.5) is 0 Å². The number of β-amino-alcohol motifs (C(OH)–C–C–N with tert-alkyl or cyclic N) is 1. The monoisotopic (exact) mass is 283 g/mol. The van der Waals surface area contributed by atoms with E-state index in [2.05, 4.69) is 0 Å². The number of fused-ring (bicyclic) bond motifs is 1. The van der Waals surface area contributed by atoms with Gasteiger partial charge in [-0.1, -0.05) is 11.6 Å². The van der Waals surface area contributed by atoms with Gasteiger partial charge >= 0.3 is 0 Å². The molecule has 6 heteroatoms. The molecule has 1 aromatic carbocycles. The van der Waals surface area contributed by atoms with Crippen molar-refractivity contribution in [2.75, 3.05) is 19.9 Å². The first-order valence-corrected chi connectivity index (χ1v) is 6.59. The number of halogens is 1. The number of likely N-dealkylation sites (tertiary alicyclic amines) is 1. The van der Waals surface area contributed by atoms with Crippen molar-refractivity contribution < 1.29 is 19.4 Å². The number of aliphatic hydroxyl groups excluding tert-OH is 1. The number of hydrogen-bond acceptors (Lipinski definition) is 4. The fourth-order valence-electron chi connectivity index (χ4n) is 2.41. The molecule has 1 saturated heterocycles. The summed E-state index contributed by atoms with van der Waals surface area (Å²) in [5.74, 6) is 0.837. The minimum absolute atomic E-state index is 0.120. The van der Waals surface area contributed by atoms with Crippen LogP contribution in [0.3, 0.4) is 0 Å². The van der Waals surface area contributed by atoms with Gasteiger partial charge < -0.3 is 19.5 Å². The Balaban J connectivity index is 1.86. The Morgan fingerprint density at radius 3 is 3.05 bits per heavy atom. The average Bonchev–Trinajstić information content (AvgIpc) is 2.86. The lowest BCUT2D eigenvalue weighted by Crippen LogP contribution is -2.42. The number of carbonyl (C=O) groups excluding carboxylic acids is 1. The smallest absolute Gasteiger partial charge is 0.254 e. The fourth-order valence-corrected chi connectivity index (χ4v) is 2.68. The summed E-state index contributed by atoms with van der Waals surface area (Å²) in [7, 11) is 0. The number of hydrogen-bond donors (Lipinski definition) is 1. The van der Waals surface area contributed by atoms with Crippen LogP contribution in [0, 0.1) is 0 Å². The largest absolute Gasteiger partial charge is 0.454 e. The second-order valence-corrected chi connectivity index (χ2v) is 5.15. The van der Waals surface area contributed by atoms with Crippen molar-refractivity contribution in [3.63, 3.8) is 0 Å².